The van der Waals surface area contributed by atoms with Crippen LogP contribution in [0.5, 0.6) is 0 Å². The molecule has 0 aromatic carbocycles. The smallest absolute Gasteiger partial charge is 0.243 e. The molecule has 0 spiro atoms. The molecule has 1 fully saturated rings. The van der Waals surface area contributed by atoms with Gasteiger partial charge in [0.2, 0.25) is 10.0 Å². The standard InChI is InChI=1S/C15H26N2O2S2/c1-11(2)7-8-17(4)21(18,19)15-9-14(20-12(15)3)10-16-13-5-6-13/h9,11,13,16H,5-8,10H2,1-4H3. The highest BCUT2D eigenvalue weighted by molar-refractivity contribution is 7.89. The van der Waals surface area contributed by atoms with Gasteiger partial charge in [0, 0.05) is 35.9 Å². The van der Waals surface area contributed by atoms with Crippen LogP contribution in [0.1, 0.15) is 42.9 Å². The van der Waals surface area contributed by atoms with Crippen molar-refractivity contribution < 1.29 is 8.42 Å². The Labute approximate surface area is 132 Å². The molecule has 0 radical (unpaired) electrons. The van der Waals surface area contributed by atoms with Gasteiger partial charge < -0.3 is 5.32 Å². The minimum atomic E-state index is -3.35. The highest BCUT2D eigenvalue weighted by Crippen LogP contribution is 2.29. The predicted octanol–water partition coefficient (Wildman–Crippen LogP) is 2.98. The van der Waals surface area contributed by atoms with Crippen LogP contribution in [-0.4, -0.2) is 32.4 Å². The first-order chi connectivity index (χ1) is 9.80. The Morgan fingerprint density at radius 2 is 2.10 bits per heavy atom. The summed E-state index contributed by atoms with van der Waals surface area (Å²) in [6.45, 7) is 7.47. The van der Waals surface area contributed by atoms with Crippen LogP contribution < -0.4 is 5.32 Å². The van der Waals surface area contributed by atoms with Gasteiger partial charge in [0.15, 0.2) is 0 Å². The SMILES string of the molecule is Cc1sc(CNC2CC2)cc1S(=O)(=O)N(C)CCC(C)C. The van der Waals surface area contributed by atoms with Crippen LogP contribution in [0.3, 0.4) is 0 Å². The van der Waals surface area contributed by atoms with E-state index in [1.807, 2.05) is 13.0 Å². The molecule has 0 unspecified atom stereocenters. The van der Waals surface area contributed by atoms with Crippen molar-refractivity contribution in [3.8, 4) is 0 Å². The van der Waals surface area contributed by atoms with Crippen LogP contribution in [0.25, 0.3) is 0 Å². The first-order valence-electron chi connectivity index (χ1n) is 7.59. The van der Waals surface area contributed by atoms with Crippen LogP contribution in [0.4, 0.5) is 0 Å². The third-order valence-electron chi connectivity index (χ3n) is 3.78. The molecule has 1 aromatic heterocycles. The molecule has 0 bridgehead atoms. The molecule has 6 heteroatoms. The van der Waals surface area contributed by atoms with E-state index in [0.29, 0.717) is 23.4 Å². The number of rotatable bonds is 8. The van der Waals surface area contributed by atoms with Gasteiger partial charge in [-0.05, 0) is 38.2 Å². The molecule has 1 aromatic rings. The maximum Gasteiger partial charge on any atom is 0.243 e. The van der Waals surface area contributed by atoms with Crippen molar-refractivity contribution in [3.05, 3.63) is 15.8 Å². The molecular weight excluding hydrogens is 304 g/mol. The lowest BCUT2D eigenvalue weighted by molar-refractivity contribution is 0.428. The molecule has 0 atom stereocenters. The van der Waals surface area contributed by atoms with E-state index in [2.05, 4.69) is 19.2 Å². The summed E-state index contributed by atoms with van der Waals surface area (Å²) in [5, 5.41) is 3.44. The van der Waals surface area contributed by atoms with Gasteiger partial charge in [0.1, 0.15) is 0 Å². The summed E-state index contributed by atoms with van der Waals surface area (Å²) in [5.74, 6) is 0.504. The zero-order valence-electron chi connectivity index (χ0n) is 13.3. The number of sulfonamides is 1. The highest BCUT2D eigenvalue weighted by Gasteiger charge is 2.26. The van der Waals surface area contributed by atoms with Crippen molar-refractivity contribution in [3.63, 3.8) is 0 Å². The zero-order valence-corrected chi connectivity index (χ0v) is 15.0. The molecule has 1 heterocycles. The third-order valence-corrected chi connectivity index (χ3v) is 6.94. The number of nitrogens with zero attached hydrogens (tertiary/aromatic N) is 1. The average molecular weight is 331 g/mol. The van der Waals surface area contributed by atoms with Crippen LogP contribution in [-0.2, 0) is 16.6 Å². The maximum atomic E-state index is 12.6. The molecule has 0 saturated heterocycles. The fraction of sp³-hybridized carbons (Fsp3) is 0.733. The summed E-state index contributed by atoms with van der Waals surface area (Å²) >= 11 is 1.58. The fourth-order valence-corrected chi connectivity index (χ4v) is 4.86. The average Bonchev–Trinajstić information content (AvgIpc) is 3.15. The summed E-state index contributed by atoms with van der Waals surface area (Å²) in [6.07, 6.45) is 3.37. The molecule has 0 amide bonds. The first kappa shape index (κ1) is 16.9. The van der Waals surface area contributed by atoms with Gasteiger partial charge in [0.05, 0.1) is 4.90 Å². The van der Waals surface area contributed by atoms with E-state index in [4.69, 9.17) is 0 Å². The summed E-state index contributed by atoms with van der Waals surface area (Å²) in [6, 6.07) is 2.48. The minimum Gasteiger partial charge on any atom is -0.309 e. The molecule has 1 saturated carbocycles. The zero-order chi connectivity index (χ0) is 15.6. The van der Waals surface area contributed by atoms with Gasteiger partial charge in [-0.15, -0.1) is 11.3 Å². The Kier molecular flexibility index (Phi) is 5.46. The van der Waals surface area contributed by atoms with Gasteiger partial charge in [0.25, 0.3) is 0 Å². The number of hydrogen-bond donors (Lipinski definition) is 1. The molecule has 120 valence electrons. The van der Waals surface area contributed by atoms with Crippen molar-refractivity contribution in [2.45, 2.75) is 57.5 Å². The minimum absolute atomic E-state index is 0.478. The number of aryl methyl sites for hydroxylation is 1. The van der Waals surface area contributed by atoms with E-state index in [1.165, 1.54) is 17.1 Å². The van der Waals surface area contributed by atoms with Crippen molar-refractivity contribution >= 4 is 21.4 Å². The molecule has 2 rings (SSSR count). The van der Waals surface area contributed by atoms with Crippen LogP contribution in [0.2, 0.25) is 0 Å². The van der Waals surface area contributed by atoms with E-state index in [9.17, 15) is 8.42 Å². The molecular formula is C15H26N2O2S2. The number of thiophene rings is 1. The predicted molar refractivity (Wildman–Crippen MR) is 88.2 cm³/mol. The Hall–Kier alpha value is -0.430. The van der Waals surface area contributed by atoms with Crippen molar-refractivity contribution in [2.24, 2.45) is 5.92 Å². The van der Waals surface area contributed by atoms with Gasteiger partial charge in [-0.25, -0.2) is 12.7 Å². The van der Waals surface area contributed by atoms with Crippen LogP contribution in [0, 0.1) is 12.8 Å². The lowest BCUT2D eigenvalue weighted by atomic mass is 10.1. The molecule has 1 N–H and O–H groups in total. The van der Waals surface area contributed by atoms with Crippen molar-refractivity contribution in [1.29, 1.82) is 0 Å². The molecule has 0 aliphatic heterocycles. The second-order valence-corrected chi connectivity index (χ2v) is 9.65. The Morgan fingerprint density at radius 1 is 1.43 bits per heavy atom. The van der Waals surface area contributed by atoms with E-state index in [0.717, 1.165) is 22.7 Å². The molecule has 4 nitrogen and oxygen atoms in total. The summed E-state index contributed by atoms with van der Waals surface area (Å²) in [5.41, 5.74) is 0. The topological polar surface area (TPSA) is 49.4 Å². The molecule has 1 aliphatic carbocycles. The Balaban J connectivity index is 2.07. The van der Waals surface area contributed by atoms with Gasteiger partial charge in [-0.1, -0.05) is 13.8 Å². The van der Waals surface area contributed by atoms with Crippen molar-refractivity contribution in [2.75, 3.05) is 13.6 Å². The highest BCUT2D eigenvalue weighted by atomic mass is 32.2. The van der Waals surface area contributed by atoms with E-state index in [-0.39, 0.29) is 0 Å². The van der Waals surface area contributed by atoms with Gasteiger partial charge >= 0.3 is 0 Å². The lowest BCUT2D eigenvalue weighted by Gasteiger charge is -2.18. The Morgan fingerprint density at radius 3 is 2.67 bits per heavy atom. The Bertz CT molecular complexity index is 574. The normalized spacial score (nSPS) is 16.1. The number of nitrogens with one attached hydrogen (secondary N) is 1. The van der Waals surface area contributed by atoms with Gasteiger partial charge in [-0.2, -0.15) is 0 Å². The van der Waals surface area contributed by atoms with E-state index >= 15 is 0 Å². The summed E-state index contributed by atoms with van der Waals surface area (Å²) < 4.78 is 26.8. The summed E-state index contributed by atoms with van der Waals surface area (Å²) in [7, 11) is -1.67. The molecule has 1 aliphatic rings. The van der Waals surface area contributed by atoms with E-state index < -0.39 is 10.0 Å². The third kappa shape index (κ3) is 4.52. The fourth-order valence-electron chi connectivity index (χ4n) is 2.13. The van der Waals surface area contributed by atoms with Crippen molar-refractivity contribution in [1.82, 2.24) is 9.62 Å². The largest absolute Gasteiger partial charge is 0.309 e. The molecule has 21 heavy (non-hydrogen) atoms. The second kappa shape index (κ2) is 6.77. The van der Waals surface area contributed by atoms with Crippen LogP contribution >= 0.6 is 11.3 Å². The van der Waals surface area contributed by atoms with Crippen LogP contribution in [0.15, 0.2) is 11.0 Å². The second-order valence-electron chi connectivity index (χ2n) is 6.30. The summed E-state index contributed by atoms with van der Waals surface area (Å²) in [4.78, 5) is 2.47. The monoisotopic (exact) mass is 330 g/mol. The quantitative estimate of drug-likeness (QED) is 0.797. The van der Waals surface area contributed by atoms with Gasteiger partial charge in [-0.3, -0.25) is 0 Å². The maximum absolute atomic E-state index is 12.6. The first-order valence-corrected chi connectivity index (χ1v) is 9.85. The van der Waals surface area contributed by atoms with E-state index in [1.54, 1.807) is 18.4 Å². The lowest BCUT2D eigenvalue weighted by Crippen LogP contribution is -2.28. The number of hydrogen-bond acceptors (Lipinski definition) is 4.